The highest BCUT2D eigenvalue weighted by Crippen LogP contribution is 2.15. The fourth-order valence-corrected chi connectivity index (χ4v) is 2.49. The first-order chi connectivity index (χ1) is 12.1. The monoisotopic (exact) mass is 340 g/mol. The van der Waals surface area contributed by atoms with Crippen LogP contribution in [0.5, 0.6) is 5.75 Å². The molecule has 0 fully saturated rings. The molecule has 0 spiro atoms. The first kappa shape index (κ1) is 18.8. The Bertz CT molecular complexity index is 661. The van der Waals surface area contributed by atoms with Crippen LogP contribution in [-0.2, 0) is 13.1 Å². The van der Waals surface area contributed by atoms with Crippen LogP contribution >= 0.6 is 0 Å². The van der Waals surface area contributed by atoms with Gasteiger partial charge in [0.05, 0.1) is 13.7 Å². The number of rotatable bonds is 8. The van der Waals surface area contributed by atoms with Gasteiger partial charge in [0.2, 0.25) is 0 Å². The van der Waals surface area contributed by atoms with Gasteiger partial charge in [0.1, 0.15) is 5.75 Å². The lowest BCUT2D eigenvalue weighted by Crippen LogP contribution is -2.22. The van der Waals surface area contributed by atoms with Gasteiger partial charge >= 0.3 is 0 Å². The maximum atomic E-state index is 5.96. The zero-order chi connectivity index (χ0) is 18.1. The van der Waals surface area contributed by atoms with Crippen molar-refractivity contribution in [2.75, 3.05) is 25.5 Å². The van der Waals surface area contributed by atoms with Crippen molar-refractivity contribution in [3.05, 3.63) is 59.7 Å². The summed E-state index contributed by atoms with van der Waals surface area (Å²) in [6.07, 6.45) is 0. The number of guanidine groups is 1. The molecule has 0 aliphatic heterocycles. The largest absolute Gasteiger partial charge is 0.497 e. The van der Waals surface area contributed by atoms with Crippen molar-refractivity contribution in [3.63, 3.8) is 0 Å². The molecule has 0 aliphatic carbocycles. The Labute approximate surface area is 150 Å². The van der Waals surface area contributed by atoms with E-state index in [-0.39, 0.29) is 0 Å². The molecule has 0 radical (unpaired) electrons. The minimum Gasteiger partial charge on any atom is -0.497 e. The Morgan fingerprint density at radius 1 is 1.00 bits per heavy atom. The number of benzene rings is 2. The highest BCUT2D eigenvalue weighted by atomic mass is 16.5. The number of ether oxygens (including phenoxy) is 1. The first-order valence-electron chi connectivity index (χ1n) is 8.65. The molecule has 0 aliphatic rings. The molecule has 0 amide bonds. The van der Waals surface area contributed by atoms with E-state index in [1.807, 2.05) is 24.3 Å². The third kappa shape index (κ3) is 6.12. The van der Waals surface area contributed by atoms with Gasteiger partial charge < -0.3 is 15.8 Å². The summed E-state index contributed by atoms with van der Waals surface area (Å²) in [6, 6.07) is 16.1. The van der Waals surface area contributed by atoms with Crippen LogP contribution in [-0.4, -0.2) is 31.1 Å². The predicted molar refractivity (Wildman–Crippen MR) is 105 cm³/mol. The van der Waals surface area contributed by atoms with Crippen LogP contribution < -0.4 is 15.8 Å². The molecule has 2 rings (SSSR count). The molecule has 2 aromatic carbocycles. The van der Waals surface area contributed by atoms with Crippen molar-refractivity contribution in [1.82, 2.24) is 4.90 Å². The predicted octanol–water partition coefficient (Wildman–Crippen LogP) is 3.46. The normalized spacial score (nSPS) is 11.6. The maximum absolute atomic E-state index is 5.96. The standard InChI is InChI=1S/C20H28N4O/c1-4-24(5-2)15-17-8-6-16(7-9-17)14-22-20(21)23-18-10-12-19(25-3)13-11-18/h6-13H,4-5,14-15H2,1-3H3,(H3,21,22,23). The molecule has 0 saturated heterocycles. The lowest BCUT2D eigenvalue weighted by Gasteiger charge is -2.17. The van der Waals surface area contributed by atoms with Crippen LogP contribution in [0.1, 0.15) is 25.0 Å². The number of anilines is 1. The Morgan fingerprint density at radius 2 is 1.60 bits per heavy atom. The van der Waals surface area contributed by atoms with Gasteiger partial charge in [0.25, 0.3) is 0 Å². The maximum Gasteiger partial charge on any atom is 0.193 e. The molecule has 0 saturated carbocycles. The van der Waals surface area contributed by atoms with E-state index in [1.165, 1.54) is 5.56 Å². The van der Waals surface area contributed by atoms with Crippen molar-refractivity contribution >= 4 is 11.6 Å². The Balaban J connectivity index is 1.89. The SMILES string of the molecule is CCN(CC)Cc1ccc(CN=C(N)Nc2ccc(OC)cc2)cc1. The molecule has 2 aromatic rings. The topological polar surface area (TPSA) is 62.9 Å². The summed E-state index contributed by atoms with van der Waals surface area (Å²) < 4.78 is 5.14. The fourth-order valence-electron chi connectivity index (χ4n) is 2.49. The summed E-state index contributed by atoms with van der Waals surface area (Å²) in [5, 5.41) is 3.08. The number of methoxy groups -OCH3 is 1. The fraction of sp³-hybridized carbons (Fsp3) is 0.350. The number of nitrogens with one attached hydrogen (secondary N) is 1. The zero-order valence-electron chi connectivity index (χ0n) is 15.3. The van der Waals surface area contributed by atoms with Crippen LogP contribution in [0.2, 0.25) is 0 Å². The highest BCUT2D eigenvalue weighted by Gasteiger charge is 2.01. The average Bonchev–Trinajstić information content (AvgIpc) is 2.66. The van der Waals surface area contributed by atoms with Gasteiger partial charge in [-0.05, 0) is 48.5 Å². The lowest BCUT2D eigenvalue weighted by atomic mass is 10.1. The second-order valence-electron chi connectivity index (χ2n) is 5.83. The van der Waals surface area contributed by atoms with E-state index < -0.39 is 0 Å². The van der Waals surface area contributed by atoms with E-state index in [0.717, 1.165) is 36.6 Å². The van der Waals surface area contributed by atoms with Crippen LogP contribution in [0.4, 0.5) is 5.69 Å². The van der Waals surface area contributed by atoms with Crippen molar-refractivity contribution in [2.45, 2.75) is 26.9 Å². The molecular weight excluding hydrogens is 312 g/mol. The van der Waals surface area contributed by atoms with Crippen molar-refractivity contribution < 1.29 is 4.74 Å². The molecule has 5 nitrogen and oxygen atoms in total. The van der Waals surface area contributed by atoms with E-state index >= 15 is 0 Å². The molecule has 0 aromatic heterocycles. The minimum atomic E-state index is 0.400. The van der Waals surface area contributed by atoms with Gasteiger partial charge in [-0.25, -0.2) is 4.99 Å². The number of nitrogens with two attached hydrogens (primary N) is 1. The molecule has 25 heavy (non-hydrogen) atoms. The quantitative estimate of drug-likeness (QED) is 0.570. The lowest BCUT2D eigenvalue weighted by molar-refractivity contribution is 0.296. The van der Waals surface area contributed by atoms with Gasteiger partial charge in [-0.15, -0.1) is 0 Å². The summed E-state index contributed by atoms with van der Waals surface area (Å²) >= 11 is 0. The third-order valence-electron chi connectivity index (χ3n) is 4.12. The number of aliphatic imine (C=N–C) groups is 1. The van der Waals surface area contributed by atoms with Gasteiger partial charge in [-0.2, -0.15) is 0 Å². The van der Waals surface area contributed by atoms with Crippen LogP contribution in [0.15, 0.2) is 53.5 Å². The summed E-state index contributed by atoms with van der Waals surface area (Å²) in [5.74, 6) is 1.21. The first-order valence-corrected chi connectivity index (χ1v) is 8.65. The molecule has 0 atom stereocenters. The molecular formula is C20H28N4O. The van der Waals surface area contributed by atoms with E-state index in [2.05, 4.69) is 53.3 Å². The molecule has 5 heteroatoms. The van der Waals surface area contributed by atoms with Crippen molar-refractivity contribution in [2.24, 2.45) is 10.7 Å². The molecule has 0 heterocycles. The summed E-state index contributed by atoms with van der Waals surface area (Å²) in [6.45, 7) is 8.04. The zero-order valence-corrected chi connectivity index (χ0v) is 15.3. The van der Waals surface area contributed by atoms with E-state index in [4.69, 9.17) is 10.5 Å². The number of hydrogen-bond acceptors (Lipinski definition) is 3. The van der Waals surface area contributed by atoms with Gasteiger partial charge in [0.15, 0.2) is 5.96 Å². The third-order valence-corrected chi connectivity index (χ3v) is 4.12. The molecule has 3 N–H and O–H groups in total. The van der Waals surface area contributed by atoms with Crippen LogP contribution in [0.25, 0.3) is 0 Å². The van der Waals surface area contributed by atoms with E-state index in [0.29, 0.717) is 12.5 Å². The highest BCUT2D eigenvalue weighted by molar-refractivity contribution is 5.92. The smallest absolute Gasteiger partial charge is 0.193 e. The Morgan fingerprint density at radius 3 is 2.16 bits per heavy atom. The van der Waals surface area contributed by atoms with Crippen LogP contribution in [0.3, 0.4) is 0 Å². The summed E-state index contributed by atoms with van der Waals surface area (Å²) in [4.78, 5) is 6.79. The van der Waals surface area contributed by atoms with Gasteiger partial charge in [-0.3, -0.25) is 4.90 Å². The molecule has 0 bridgehead atoms. The van der Waals surface area contributed by atoms with Crippen LogP contribution in [0, 0.1) is 0 Å². The molecule has 134 valence electrons. The molecule has 0 unspecified atom stereocenters. The van der Waals surface area contributed by atoms with Gasteiger partial charge in [-0.1, -0.05) is 38.1 Å². The Hall–Kier alpha value is -2.53. The second kappa shape index (κ2) is 9.69. The second-order valence-corrected chi connectivity index (χ2v) is 5.83. The average molecular weight is 340 g/mol. The van der Waals surface area contributed by atoms with E-state index in [1.54, 1.807) is 7.11 Å². The number of nitrogens with zero attached hydrogens (tertiary/aromatic N) is 2. The van der Waals surface area contributed by atoms with Crippen molar-refractivity contribution in [1.29, 1.82) is 0 Å². The summed E-state index contributed by atoms with van der Waals surface area (Å²) in [5.41, 5.74) is 9.30. The Kier molecular flexibility index (Phi) is 7.29. The van der Waals surface area contributed by atoms with Gasteiger partial charge in [0, 0.05) is 12.2 Å². The van der Waals surface area contributed by atoms with E-state index in [9.17, 15) is 0 Å². The van der Waals surface area contributed by atoms with Crippen molar-refractivity contribution in [3.8, 4) is 5.75 Å². The number of hydrogen-bond donors (Lipinski definition) is 2. The minimum absolute atomic E-state index is 0.400. The summed E-state index contributed by atoms with van der Waals surface area (Å²) in [7, 11) is 1.64.